The highest BCUT2D eigenvalue weighted by Crippen LogP contribution is 2.55. The first kappa shape index (κ1) is 22.2. The second-order valence-electron chi connectivity index (χ2n) is 9.71. The van der Waals surface area contributed by atoms with Crippen LogP contribution in [0.25, 0.3) is 28.0 Å². The summed E-state index contributed by atoms with van der Waals surface area (Å²) in [6, 6.07) is 7.65. The van der Waals surface area contributed by atoms with Gasteiger partial charge in [-0.15, -0.1) is 5.10 Å². The molecule has 10 heteroatoms. The minimum Gasteiger partial charge on any atom is -0.393 e. The van der Waals surface area contributed by atoms with E-state index >= 15 is 4.39 Å². The van der Waals surface area contributed by atoms with Crippen LogP contribution in [-0.4, -0.2) is 42.3 Å². The zero-order valence-electron chi connectivity index (χ0n) is 18.8. The average Bonchev–Trinajstić information content (AvgIpc) is 3.28. The van der Waals surface area contributed by atoms with E-state index in [2.05, 4.69) is 15.4 Å². The molecular weight excluding hydrogens is 476 g/mol. The maximum atomic E-state index is 15.0. The molecule has 1 amide bonds. The summed E-state index contributed by atoms with van der Waals surface area (Å²) in [4.78, 5) is 17.3. The van der Waals surface area contributed by atoms with Crippen molar-refractivity contribution in [3.8, 4) is 22.4 Å². The van der Waals surface area contributed by atoms with Gasteiger partial charge in [-0.25, -0.2) is 9.37 Å². The fourth-order valence-electron chi connectivity index (χ4n) is 5.58. The van der Waals surface area contributed by atoms with Crippen molar-refractivity contribution < 1.29 is 18.7 Å². The van der Waals surface area contributed by atoms with Crippen molar-refractivity contribution in [2.24, 2.45) is 12.5 Å². The number of carbonyl (C=O) groups excluding carboxylic acids is 1. The van der Waals surface area contributed by atoms with Gasteiger partial charge < -0.3 is 10.4 Å². The van der Waals surface area contributed by atoms with Crippen LogP contribution in [0.3, 0.4) is 0 Å². The SMILES string of the molecule is Cn1cc(-c2cccc(F)c2-c2nc3cc(C(=O)NC4CC5(CC(O)C5)C4)ccn3c2Cl)c(F)n1. The number of aryl methyl sites for hydroxylation is 1. The third kappa shape index (κ3) is 3.61. The number of aliphatic hydroxyl groups excluding tert-OH is 1. The van der Waals surface area contributed by atoms with Crippen LogP contribution in [0.4, 0.5) is 8.78 Å². The number of imidazole rings is 1. The molecule has 0 atom stereocenters. The smallest absolute Gasteiger partial charge is 0.251 e. The molecule has 1 aromatic carbocycles. The van der Waals surface area contributed by atoms with Gasteiger partial charge in [0.25, 0.3) is 5.91 Å². The van der Waals surface area contributed by atoms with E-state index in [0.29, 0.717) is 11.2 Å². The number of nitrogens with zero attached hydrogens (tertiary/aromatic N) is 4. The molecule has 2 aliphatic rings. The Hall–Kier alpha value is -3.30. The number of hydrogen-bond acceptors (Lipinski definition) is 4. The van der Waals surface area contributed by atoms with Gasteiger partial charge in [-0.1, -0.05) is 23.7 Å². The Bertz CT molecular complexity index is 1480. The number of carbonyl (C=O) groups is 1. The maximum absolute atomic E-state index is 15.0. The van der Waals surface area contributed by atoms with Gasteiger partial charge in [0.1, 0.15) is 22.3 Å². The molecule has 4 aromatic rings. The van der Waals surface area contributed by atoms with E-state index < -0.39 is 11.8 Å². The molecule has 2 N–H and O–H groups in total. The Morgan fingerprint density at radius 2 is 1.97 bits per heavy atom. The molecule has 2 aliphatic carbocycles. The third-order valence-electron chi connectivity index (χ3n) is 7.19. The zero-order chi connectivity index (χ0) is 24.5. The van der Waals surface area contributed by atoms with Gasteiger partial charge in [-0.05, 0) is 49.3 Å². The molecule has 1 spiro atoms. The van der Waals surface area contributed by atoms with Crippen LogP contribution in [0.1, 0.15) is 36.0 Å². The Kier molecular flexibility index (Phi) is 4.98. The highest BCUT2D eigenvalue weighted by molar-refractivity contribution is 6.32. The van der Waals surface area contributed by atoms with Crippen LogP contribution in [0.2, 0.25) is 5.15 Å². The Labute approximate surface area is 204 Å². The van der Waals surface area contributed by atoms with Gasteiger partial charge in [0.15, 0.2) is 0 Å². The Balaban J connectivity index is 1.32. The van der Waals surface area contributed by atoms with Crippen molar-refractivity contribution in [2.45, 2.75) is 37.8 Å². The van der Waals surface area contributed by atoms with E-state index in [9.17, 15) is 14.3 Å². The van der Waals surface area contributed by atoms with E-state index in [4.69, 9.17) is 11.6 Å². The van der Waals surface area contributed by atoms with Crippen molar-refractivity contribution in [2.75, 3.05) is 0 Å². The minimum absolute atomic E-state index is 0.0570. The largest absolute Gasteiger partial charge is 0.393 e. The van der Waals surface area contributed by atoms with Crippen LogP contribution in [0.5, 0.6) is 0 Å². The summed E-state index contributed by atoms with van der Waals surface area (Å²) >= 11 is 6.58. The van der Waals surface area contributed by atoms with Crippen LogP contribution in [0, 0.1) is 17.2 Å². The first-order chi connectivity index (χ1) is 16.7. The number of benzene rings is 1. The second-order valence-corrected chi connectivity index (χ2v) is 10.1. The van der Waals surface area contributed by atoms with Gasteiger partial charge >= 0.3 is 0 Å². The molecule has 0 bridgehead atoms. The van der Waals surface area contributed by atoms with Crippen molar-refractivity contribution >= 4 is 23.2 Å². The molecular formula is C25H22ClF2N5O2. The van der Waals surface area contributed by atoms with Crippen LogP contribution >= 0.6 is 11.6 Å². The Morgan fingerprint density at radius 1 is 1.20 bits per heavy atom. The average molecular weight is 498 g/mol. The summed E-state index contributed by atoms with van der Waals surface area (Å²) in [5.41, 5.74) is 1.58. The number of fused-ring (bicyclic) bond motifs is 1. The summed E-state index contributed by atoms with van der Waals surface area (Å²) in [5, 5.41) is 16.5. The lowest BCUT2D eigenvalue weighted by Gasteiger charge is -2.56. The van der Waals surface area contributed by atoms with Gasteiger partial charge in [0.05, 0.1) is 11.7 Å². The summed E-state index contributed by atoms with van der Waals surface area (Å²) in [6.45, 7) is 0. The molecule has 0 saturated heterocycles. The normalized spacial score (nSPS) is 23.3. The van der Waals surface area contributed by atoms with Gasteiger partial charge in [0.2, 0.25) is 5.95 Å². The van der Waals surface area contributed by atoms with E-state index in [0.717, 1.165) is 25.7 Å². The number of amides is 1. The van der Waals surface area contributed by atoms with Gasteiger partial charge in [-0.2, -0.15) is 4.39 Å². The highest BCUT2D eigenvalue weighted by Gasteiger charge is 2.52. The number of rotatable bonds is 4. The van der Waals surface area contributed by atoms with Gasteiger partial charge in [-0.3, -0.25) is 13.9 Å². The molecule has 2 fully saturated rings. The number of nitrogens with one attached hydrogen (secondary N) is 1. The molecule has 0 radical (unpaired) electrons. The lowest BCUT2D eigenvalue weighted by molar-refractivity contribution is -0.0949. The number of pyridine rings is 1. The molecule has 6 rings (SSSR count). The second kappa shape index (κ2) is 7.86. The first-order valence-corrected chi connectivity index (χ1v) is 11.8. The monoisotopic (exact) mass is 497 g/mol. The van der Waals surface area contributed by atoms with Crippen LogP contribution in [0.15, 0.2) is 42.7 Å². The number of aromatic nitrogens is 4. The van der Waals surface area contributed by atoms with E-state index in [-0.39, 0.29) is 51.0 Å². The predicted octanol–water partition coefficient (Wildman–Crippen LogP) is 4.37. The van der Waals surface area contributed by atoms with Crippen LogP contribution < -0.4 is 5.32 Å². The van der Waals surface area contributed by atoms with E-state index in [1.165, 1.54) is 23.0 Å². The first-order valence-electron chi connectivity index (χ1n) is 11.4. The van der Waals surface area contributed by atoms with Crippen molar-refractivity contribution in [3.05, 3.63) is 65.2 Å². The summed E-state index contributed by atoms with van der Waals surface area (Å²) in [5.74, 6) is -1.56. The third-order valence-corrected chi connectivity index (χ3v) is 7.55. The molecule has 0 aliphatic heterocycles. The molecule has 3 aromatic heterocycles. The summed E-state index contributed by atoms with van der Waals surface area (Å²) in [7, 11) is 1.58. The van der Waals surface area contributed by atoms with Gasteiger partial charge in [0, 0.05) is 42.2 Å². The lowest BCUT2D eigenvalue weighted by Crippen LogP contribution is -2.57. The quantitative estimate of drug-likeness (QED) is 0.438. The molecule has 180 valence electrons. The number of hydrogen-bond donors (Lipinski definition) is 2. The molecule has 2 saturated carbocycles. The van der Waals surface area contributed by atoms with Crippen molar-refractivity contribution in [1.29, 1.82) is 0 Å². The van der Waals surface area contributed by atoms with Crippen LogP contribution in [-0.2, 0) is 7.05 Å². The van der Waals surface area contributed by atoms with E-state index in [1.807, 2.05) is 0 Å². The fourth-order valence-corrected chi connectivity index (χ4v) is 5.86. The molecule has 7 nitrogen and oxygen atoms in total. The molecule has 0 unspecified atom stereocenters. The standard InChI is InChI=1S/C25H22ClF2N5O2/c1-32-12-17(23(28)31-32)16-3-2-4-18(27)20(16)21-22(26)33-6-5-13(7-19(33)30-21)24(35)29-14-8-25(9-14)10-15(34)11-25/h2-7,12,14-15,34H,8-11H2,1H3,(H,29,35). The fraction of sp³-hybridized carbons (Fsp3) is 0.320. The number of aliphatic hydroxyl groups is 1. The zero-order valence-corrected chi connectivity index (χ0v) is 19.6. The van der Waals surface area contributed by atoms with Crippen molar-refractivity contribution in [3.63, 3.8) is 0 Å². The minimum atomic E-state index is -0.729. The highest BCUT2D eigenvalue weighted by atomic mass is 35.5. The molecule has 3 heterocycles. The lowest BCUT2D eigenvalue weighted by atomic mass is 9.53. The Morgan fingerprint density at radius 3 is 2.66 bits per heavy atom. The summed E-state index contributed by atoms with van der Waals surface area (Å²) in [6.07, 6.45) is 6.23. The topological polar surface area (TPSA) is 84.5 Å². The predicted molar refractivity (Wildman–Crippen MR) is 126 cm³/mol. The molecule has 35 heavy (non-hydrogen) atoms. The van der Waals surface area contributed by atoms with E-state index in [1.54, 1.807) is 35.8 Å². The number of halogens is 3. The summed E-state index contributed by atoms with van der Waals surface area (Å²) < 4.78 is 32.3. The van der Waals surface area contributed by atoms with Crippen molar-refractivity contribution in [1.82, 2.24) is 24.5 Å². The maximum Gasteiger partial charge on any atom is 0.251 e.